The number of amides is 1. The lowest BCUT2D eigenvalue weighted by atomic mass is 10.1. The maximum absolute atomic E-state index is 12.1. The number of benzene rings is 1. The smallest absolute Gasteiger partial charge is 0.238 e. The molecular formula is C16H20N4O. The van der Waals surface area contributed by atoms with E-state index in [-0.39, 0.29) is 5.91 Å². The predicted molar refractivity (Wildman–Crippen MR) is 84.8 cm³/mol. The number of nitrogens with zero attached hydrogens (tertiary/aromatic N) is 2. The molecule has 1 aromatic heterocycles. The van der Waals surface area contributed by atoms with E-state index in [0.29, 0.717) is 18.8 Å². The number of pyridine rings is 1. The lowest BCUT2D eigenvalue weighted by molar-refractivity contribution is -0.117. The molecule has 1 amide bonds. The summed E-state index contributed by atoms with van der Waals surface area (Å²) in [4.78, 5) is 18.1. The molecule has 21 heavy (non-hydrogen) atoms. The number of nitrogens with two attached hydrogens (primary N) is 1. The number of anilines is 2. The van der Waals surface area contributed by atoms with E-state index in [2.05, 4.69) is 10.3 Å². The van der Waals surface area contributed by atoms with Crippen molar-refractivity contribution in [2.24, 2.45) is 0 Å². The highest BCUT2D eigenvalue weighted by Crippen LogP contribution is 2.20. The minimum Gasteiger partial charge on any atom is -0.398 e. The summed E-state index contributed by atoms with van der Waals surface area (Å²) in [7, 11) is 1.90. The standard InChI is InChI=1S/C16H20N4O/c1-12-14(17)6-3-7-15(12)19-16(21)11-20(2)10-13-5-4-8-18-9-13/h3-9H,10-11,17H2,1-2H3,(H,19,21). The van der Waals surface area contributed by atoms with Gasteiger partial charge in [0.1, 0.15) is 0 Å². The molecule has 0 saturated carbocycles. The number of hydrogen-bond donors (Lipinski definition) is 2. The lowest BCUT2D eigenvalue weighted by Crippen LogP contribution is -2.30. The summed E-state index contributed by atoms with van der Waals surface area (Å²) in [6.45, 7) is 2.88. The molecule has 0 radical (unpaired) electrons. The van der Waals surface area contributed by atoms with E-state index in [4.69, 9.17) is 5.73 Å². The van der Waals surface area contributed by atoms with Gasteiger partial charge in [-0.3, -0.25) is 14.7 Å². The molecule has 5 heteroatoms. The molecule has 0 spiro atoms. The highest BCUT2D eigenvalue weighted by molar-refractivity contribution is 5.93. The van der Waals surface area contributed by atoms with Crippen molar-refractivity contribution in [1.82, 2.24) is 9.88 Å². The number of likely N-dealkylation sites (N-methyl/N-ethyl adjacent to an activating group) is 1. The molecule has 0 bridgehead atoms. The first kappa shape index (κ1) is 15.0. The Bertz CT molecular complexity index is 613. The van der Waals surface area contributed by atoms with Gasteiger partial charge >= 0.3 is 0 Å². The van der Waals surface area contributed by atoms with E-state index in [9.17, 15) is 4.79 Å². The van der Waals surface area contributed by atoms with Gasteiger partial charge < -0.3 is 11.1 Å². The van der Waals surface area contributed by atoms with Crippen LogP contribution in [-0.2, 0) is 11.3 Å². The average Bonchev–Trinajstić information content (AvgIpc) is 2.44. The zero-order valence-electron chi connectivity index (χ0n) is 12.3. The monoisotopic (exact) mass is 284 g/mol. The third kappa shape index (κ3) is 4.29. The molecule has 2 rings (SSSR count). The molecule has 0 aliphatic heterocycles. The normalized spacial score (nSPS) is 10.6. The van der Waals surface area contributed by atoms with Crippen molar-refractivity contribution < 1.29 is 4.79 Å². The Labute approximate surface area is 124 Å². The van der Waals surface area contributed by atoms with E-state index in [1.807, 2.05) is 49.2 Å². The first-order chi connectivity index (χ1) is 10.1. The molecule has 0 aliphatic carbocycles. The van der Waals surface area contributed by atoms with Gasteiger partial charge in [0.15, 0.2) is 0 Å². The fourth-order valence-electron chi connectivity index (χ4n) is 2.08. The van der Waals surface area contributed by atoms with Crippen molar-refractivity contribution in [3.05, 3.63) is 53.9 Å². The van der Waals surface area contributed by atoms with Crippen LogP contribution in [0.2, 0.25) is 0 Å². The van der Waals surface area contributed by atoms with Gasteiger partial charge in [-0.2, -0.15) is 0 Å². The van der Waals surface area contributed by atoms with E-state index >= 15 is 0 Å². The van der Waals surface area contributed by atoms with Crippen LogP contribution in [0.1, 0.15) is 11.1 Å². The first-order valence-corrected chi connectivity index (χ1v) is 6.78. The fourth-order valence-corrected chi connectivity index (χ4v) is 2.08. The number of carbonyl (C=O) groups is 1. The van der Waals surface area contributed by atoms with Crippen molar-refractivity contribution in [1.29, 1.82) is 0 Å². The second-order valence-electron chi connectivity index (χ2n) is 5.10. The molecule has 5 nitrogen and oxygen atoms in total. The summed E-state index contributed by atoms with van der Waals surface area (Å²) in [5.74, 6) is -0.0601. The summed E-state index contributed by atoms with van der Waals surface area (Å²) < 4.78 is 0. The molecule has 1 aromatic carbocycles. The molecule has 1 heterocycles. The molecular weight excluding hydrogens is 264 g/mol. The maximum Gasteiger partial charge on any atom is 0.238 e. The zero-order valence-corrected chi connectivity index (χ0v) is 12.3. The van der Waals surface area contributed by atoms with Crippen LogP contribution in [-0.4, -0.2) is 29.4 Å². The molecule has 2 aromatic rings. The van der Waals surface area contributed by atoms with Crippen LogP contribution in [0.25, 0.3) is 0 Å². The quantitative estimate of drug-likeness (QED) is 0.824. The second kappa shape index (κ2) is 6.85. The van der Waals surface area contributed by atoms with Crippen LogP contribution in [0.15, 0.2) is 42.7 Å². The van der Waals surface area contributed by atoms with Crippen molar-refractivity contribution in [2.45, 2.75) is 13.5 Å². The summed E-state index contributed by atoms with van der Waals surface area (Å²) in [6.07, 6.45) is 3.54. The molecule has 110 valence electrons. The van der Waals surface area contributed by atoms with Crippen LogP contribution < -0.4 is 11.1 Å². The van der Waals surface area contributed by atoms with Crippen molar-refractivity contribution in [3.8, 4) is 0 Å². The van der Waals surface area contributed by atoms with Gasteiger partial charge in [0.25, 0.3) is 0 Å². The SMILES string of the molecule is Cc1c(N)cccc1NC(=O)CN(C)Cc1cccnc1. The Morgan fingerprint density at radius 3 is 2.86 bits per heavy atom. The molecule has 0 aliphatic rings. The van der Waals surface area contributed by atoms with Crippen LogP contribution >= 0.6 is 0 Å². The maximum atomic E-state index is 12.1. The minimum absolute atomic E-state index is 0.0601. The largest absolute Gasteiger partial charge is 0.398 e. The van der Waals surface area contributed by atoms with Crippen LogP contribution in [0.4, 0.5) is 11.4 Å². The van der Waals surface area contributed by atoms with Crippen molar-refractivity contribution >= 4 is 17.3 Å². The molecule has 0 atom stereocenters. The van der Waals surface area contributed by atoms with Gasteiger partial charge in [0.2, 0.25) is 5.91 Å². The van der Waals surface area contributed by atoms with Gasteiger partial charge in [-0.15, -0.1) is 0 Å². The number of aromatic nitrogens is 1. The lowest BCUT2D eigenvalue weighted by Gasteiger charge is -2.17. The summed E-state index contributed by atoms with van der Waals surface area (Å²) in [5, 5.41) is 2.89. The number of nitrogens with one attached hydrogen (secondary N) is 1. The van der Waals surface area contributed by atoms with Gasteiger partial charge in [0, 0.05) is 30.3 Å². The number of carbonyl (C=O) groups excluding carboxylic acids is 1. The summed E-state index contributed by atoms with van der Waals surface area (Å²) in [6, 6.07) is 9.38. The van der Waals surface area contributed by atoms with Crippen LogP contribution in [0.5, 0.6) is 0 Å². The molecule has 0 fully saturated rings. The molecule has 0 unspecified atom stereocenters. The Kier molecular flexibility index (Phi) is 4.90. The predicted octanol–water partition coefficient (Wildman–Crippen LogP) is 2.04. The number of nitrogen functional groups attached to an aromatic ring is 1. The third-order valence-corrected chi connectivity index (χ3v) is 3.24. The molecule has 3 N–H and O–H groups in total. The van der Waals surface area contributed by atoms with E-state index in [0.717, 1.165) is 16.8 Å². The highest BCUT2D eigenvalue weighted by atomic mass is 16.2. The van der Waals surface area contributed by atoms with Gasteiger partial charge in [-0.1, -0.05) is 12.1 Å². The Balaban J connectivity index is 1.91. The van der Waals surface area contributed by atoms with Crippen LogP contribution in [0.3, 0.4) is 0 Å². The van der Waals surface area contributed by atoms with E-state index < -0.39 is 0 Å². The van der Waals surface area contributed by atoms with Crippen molar-refractivity contribution in [3.63, 3.8) is 0 Å². The van der Waals surface area contributed by atoms with Crippen molar-refractivity contribution in [2.75, 3.05) is 24.6 Å². The number of rotatable bonds is 5. The average molecular weight is 284 g/mol. The Morgan fingerprint density at radius 1 is 1.33 bits per heavy atom. The Hall–Kier alpha value is -2.40. The topological polar surface area (TPSA) is 71.2 Å². The number of hydrogen-bond acceptors (Lipinski definition) is 4. The highest BCUT2D eigenvalue weighted by Gasteiger charge is 2.09. The third-order valence-electron chi connectivity index (χ3n) is 3.24. The fraction of sp³-hybridized carbons (Fsp3) is 0.250. The van der Waals surface area contributed by atoms with E-state index in [1.54, 1.807) is 12.4 Å². The van der Waals surface area contributed by atoms with E-state index in [1.165, 1.54) is 0 Å². The summed E-state index contributed by atoms with van der Waals surface area (Å²) >= 11 is 0. The Morgan fingerprint density at radius 2 is 2.14 bits per heavy atom. The molecule has 0 saturated heterocycles. The van der Waals surface area contributed by atoms with Gasteiger partial charge in [0.05, 0.1) is 6.54 Å². The zero-order chi connectivity index (χ0) is 15.2. The van der Waals surface area contributed by atoms with Crippen LogP contribution in [0, 0.1) is 6.92 Å². The minimum atomic E-state index is -0.0601. The second-order valence-corrected chi connectivity index (χ2v) is 5.10. The van der Waals surface area contributed by atoms with Gasteiger partial charge in [-0.05, 0) is 43.3 Å². The first-order valence-electron chi connectivity index (χ1n) is 6.78. The summed E-state index contributed by atoms with van der Waals surface area (Å²) in [5.41, 5.74) is 9.23. The van der Waals surface area contributed by atoms with Gasteiger partial charge in [-0.25, -0.2) is 0 Å².